The van der Waals surface area contributed by atoms with Crippen LogP contribution in [0.25, 0.3) is 10.9 Å². The van der Waals surface area contributed by atoms with E-state index in [1.807, 2.05) is 30.3 Å². The lowest BCUT2D eigenvalue weighted by Gasteiger charge is -2.11. The first kappa shape index (κ1) is 20.2. The van der Waals surface area contributed by atoms with Crippen molar-refractivity contribution in [3.05, 3.63) is 82.1 Å². The van der Waals surface area contributed by atoms with Gasteiger partial charge in [0.1, 0.15) is 0 Å². The molecule has 3 aromatic rings. The van der Waals surface area contributed by atoms with Crippen molar-refractivity contribution in [2.24, 2.45) is 0 Å². The van der Waals surface area contributed by atoms with Crippen LogP contribution in [0.15, 0.2) is 71.1 Å². The molecule has 3 rings (SSSR count). The van der Waals surface area contributed by atoms with Crippen molar-refractivity contribution in [2.45, 2.75) is 18.1 Å². The Hall–Kier alpha value is -2.57. The summed E-state index contributed by atoms with van der Waals surface area (Å²) in [6.45, 7) is 4.58. The van der Waals surface area contributed by atoms with Crippen molar-refractivity contribution in [2.75, 3.05) is 12.3 Å². The molecule has 0 bridgehead atoms. The smallest absolute Gasteiger partial charge is 0.262 e. The maximum absolute atomic E-state index is 12.7. The molecule has 0 aliphatic carbocycles. The fourth-order valence-corrected chi connectivity index (χ4v) is 3.75. The average Bonchev–Trinajstić information content (AvgIpc) is 2.69. The summed E-state index contributed by atoms with van der Waals surface area (Å²) in [7, 11) is 0. The zero-order chi connectivity index (χ0) is 19.9. The van der Waals surface area contributed by atoms with E-state index in [9.17, 15) is 9.59 Å². The minimum absolute atomic E-state index is 0.105. The average molecular weight is 414 g/mol. The Balaban J connectivity index is 1.68. The van der Waals surface area contributed by atoms with E-state index in [1.54, 1.807) is 24.3 Å². The number of hydrogen-bond donors (Lipinski definition) is 1. The molecular formula is C21H20ClN3O2S. The quantitative estimate of drug-likeness (QED) is 0.347. The first-order valence-electron chi connectivity index (χ1n) is 8.83. The summed E-state index contributed by atoms with van der Waals surface area (Å²) < 4.78 is 1.52. The molecule has 28 heavy (non-hydrogen) atoms. The van der Waals surface area contributed by atoms with Gasteiger partial charge in [-0.1, -0.05) is 59.8 Å². The van der Waals surface area contributed by atoms with Gasteiger partial charge in [0.2, 0.25) is 5.91 Å². The Morgan fingerprint density at radius 1 is 1.25 bits per heavy atom. The fraction of sp³-hybridized carbons (Fsp3) is 0.190. The SMILES string of the molecule is C=CCn1c(SCC(=O)NCCc2ccccc2)nc2cc(Cl)ccc2c1=O. The minimum atomic E-state index is -0.173. The zero-order valence-corrected chi connectivity index (χ0v) is 16.8. The lowest BCUT2D eigenvalue weighted by atomic mass is 10.1. The van der Waals surface area contributed by atoms with Crippen molar-refractivity contribution in [1.82, 2.24) is 14.9 Å². The second-order valence-electron chi connectivity index (χ2n) is 6.13. The molecule has 1 N–H and O–H groups in total. The molecule has 0 saturated carbocycles. The van der Waals surface area contributed by atoms with E-state index in [4.69, 9.17) is 11.6 Å². The molecule has 0 spiro atoms. The Bertz CT molecular complexity index is 1050. The third-order valence-corrected chi connectivity index (χ3v) is 5.32. The highest BCUT2D eigenvalue weighted by Crippen LogP contribution is 2.20. The van der Waals surface area contributed by atoms with Crippen molar-refractivity contribution < 1.29 is 4.79 Å². The predicted molar refractivity (Wildman–Crippen MR) is 115 cm³/mol. The summed E-state index contributed by atoms with van der Waals surface area (Å²) in [5, 5.41) is 4.37. The second kappa shape index (κ2) is 9.57. The fourth-order valence-electron chi connectivity index (χ4n) is 2.75. The Labute approximate surface area is 172 Å². The lowest BCUT2D eigenvalue weighted by Crippen LogP contribution is -2.28. The van der Waals surface area contributed by atoms with Gasteiger partial charge in [-0.25, -0.2) is 4.98 Å². The van der Waals surface area contributed by atoms with Gasteiger partial charge in [-0.3, -0.25) is 14.2 Å². The van der Waals surface area contributed by atoms with Crippen molar-refractivity contribution in [3.8, 4) is 0 Å². The number of aromatic nitrogens is 2. The maximum atomic E-state index is 12.7. The number of carbonyl (C=O) groups excluding carboxylic acids is 1. The molecule has 144 valence electrons. The highest BCUT2D eigenvalue weighted by atomic mass is 35.5. The van der Waals surface area contributed by atoms with E-state index >= 15 is 0 Å². The first-order valence-corrected chi connectivity index (χ1v) is 10.2. The molecule has 0 aliphatic rings. The van der Waals surface area contributed by atoms with Crippen molar-refractivity contribution >= 4 is 40.2 Å². The molecule has 0 aliphatic heterocycles. The van der Waals surface area contributed by atoms with Crippen molar-refractivity contribution in [3.63, 3.8) is 0 Å². The molecule has 0 atom stereocenters. The molecule has 1 amide bonds. The monoisotopic (exact) mass is 413 g/mol. The summed E-state index contributed by atoms with van der Waals surface area (Å²) in [5.74, 6) is 0.0660. The number of amides is 1. The van der Waals surface area contributed by atoms with Gasteiger partial charge in [0.05, 0.1) is 16.7 Å². The lowest BCUT2D eigenvalue weighted by molar-refractivity contribution is -0.118. The normalized spacial score (nSPS) is 10.8. The summed E-state index contributed by atoms with van der Waals surface area (Å²) in [5.41, 5.74) is 1.52. The number of nitrogens with one attached hydrogen (secondary N) is 1. The summed E-state index contributed by atoms with van der Waals surface area (Å²) in [4.78, 5) is 29.5. The second-order valence-corrected chi connectivity index (χ2v) is 7.51. The van der Waals surface area contributed by atoms with Gasteiger partial charge in [0.25, 0.3) is 5.56 Å². The number of thioether (sulfide) groups is 1. The largest absolute Gasteiger partial charge is 0.355 e. The van der Waals surface area contributed by atoms with Crippen LogP contribution < -0.4 is 10.9 Å². The molecule has 0 saturated heterocycles. The number of fused-ring (bicyclic) bond motifs is 1. The van der Waals surface area contributed by atoms with E-state index in [1.165, 1.54) is 21.9 Å². The number of halogens is 1. The van der Waals surface area contributed by atoms with Crippen LogP contribution in [0.1, 0.15) is 5.56 Å². The molecule has 5 nitrogen and oxygen atoms in total. The molecule has 7 heteroatoms. The maximum Gasteiger partial charge on any atom is 0.262 e. The Kier molecular flexibility index (Phi) is 6.90. The number of allylic oxidation sites excluding steroid dienone is 1. The minimum Gasteiger partial charge on any atom is -0.355 e. The Morgan fingerprint density at radius 3 is 2.79 bits per heavy atom. The van der Waals surface area contributed by atoms with Gasteiger partial charge in [0.15, 0.2) is 5.16 Å². The highest BCUT2D eigenvalue weighted by molar-refractivity contribution is 7.99. The van der Waals surface area contributed by atoms with Crippen LogP contribution >= 0.6 is 23.4 Å². The molecular weight excluding hydrogens is 394 g/mol. The van der Waals surface area contributed by atoms with Crippen LogP contribution in [0.5, 0.6) is 0 Å². The van der Waals surface area contributed by atoms with Crippen LogP contribution in [-0.2, 0) is 17.8 Å². The number of carbonyl (C=O) groups is 1. The number of nitrogens with zero attached hydrogens (tertiary/aromatic N) is 2. The highest BCUT2D eigenvalue weighted by Gasteiger charge is 2.13. The van der Waals surface area contributed by atoms with Gasteiger partial charge < -0.3 is 5.32 Å². The van der Waals surface area contributed by atoms with E-state index in [2.05, 4.69) is 16.9 Å². The molecule has 2 aromatic carbocycles. The van der Waals surface area contributed by atoms with Gasteiger partial charge in [-0.15, -0.1) is 6.58 Å². The van der Waals surface area contributed by atoms with E-state index in [0.29, 0.717) is 34.2 Å². The molecule has 0 unspecified atom stereocenters. The van der Waals surface area contributed by atoms with Gasteiger partial charge in [0, 0.05) is 18.1 Å². The van der Waals surface area contributed by atoms with Crippen LogP contribution in [-0.4, -0.2) is 27.8 Å². The van der Waals surface area contributed by atoms with E-state index < -0.39 is 0 Å². The number of rotatable bonds is 8. The zero-order valence-electron chi connectivity index (χ0n) is 15.2. The van der Waals surface area contributed by atoms with Crippen LogP contribution in [0.4, 0.5) is 0 Å². The Morgan fingerprint density at radius 2 is 2.04 bits per heavy atom. The number of hydrogen-bond acceptors (Lipinski definition) is 4. The molecule has 1 aromatic heterocycles. The van der Waals surface area contributed by atoms with Crippen molar-refractivity contribution in [1.29, 1.82) is 0 Å². The summed E-state index contributed by atoms with van der Waals surface area (Å²) >= 11 is 7.25. The van der Waals surface area contributed by atoms with Crippen LogP contribution in [0.3, 0.4) is 0 Å². The topological polar surface area (TPSA) is 64.0 Å². The van der Waals surface area contributed by atoms with E-state index in [0.717, 1.165) is 6.42 Å². The van der Waals surface area contributed by atoms with Crippen LogP contribution in [0, 0.1) is 0 Å². The molecule has 0 fully saturated rings. The van der Waals surface area contributed by atoms with E-state index in [-0.39, 0.29) is 17.2 Å². The van der Waals surface area contributed by atoms with Gasteiger partial charge in [-0.2, -0.15) is 0 Å². The summed E-state index contributed by atoms with van der Waals surface area (Å²) in [6.07, 6.45) is 2.40. The van der Waals surface area contributed by atoms with Gasteiger partial charge in [-0.05, 0) is 30.2 Å². The summed E-state index contributed by atoms with van der Waals surface area (Å²) in [6, 6.07) is 15.0. The van der Waals surface area contributed by atoms with Gasteiger partial charge >= 0.3 is 0 Å². The first-order chi connectivity index (χ1) is 13.6. The third-order valence-electron chi connectivity index (χ3n) is 4.11. The molecule has 0 radical (unpaired) electrons. The van der Waals surface area contributed by atoms with Crippen LogP contribution in [0.2, 0.25) is 5.02 Å². The third kappa shape index (κ3) is 5.03. The molecule has 1 heterocycles. The predicted octanol–water partition coefficient (Wildman–Crippen LogP) is 3.69. The number of benzene rings is 2. The standard InChI is InChI=1S/C21H20ClN3O2S/c1-2-12-25-20(27)17-9-8-16(22)13-18(17)24-21(25)28-14-19(26)23-11-10-15-6-4-3-5-7-15/h2-9,13H,1,10-12,14H2,(H,23,26).